The fourth-order valence-electron chi connectivity index (χ4n) is 4.13. The zero-order valence-electron chi connectivity index (χ0n) is 20.5. The van der Waals surface area contributed by atoms with Crippen LogP contribution in [0.1, 0.15) is 33.8 Å². The van der Waals surface area contributed by atoms with E-state index in [1.54, 1.807) is 43.5 Å². The lowest BCUT2D eigenvalue weighted by Crippen LogP contribution is -2.28. The molecule has 1 aliphatic heterocycles. The third-order valence-corrected chi connectivity index (χ3v) is 6.14. The zero-order valence-corrected chi connectivity index (χ0v) is 20.5. The van der Waals surface area contributed by atoms with Crippen LogP contribution >= 0.6 is 0 Å². The van der Waals surface area contributed by atoms with Gasteiger partial charge in [0, 0.05) is 44.3 Å². The van der Waals surface area contributed by atoms with Gasteiger partial charge in [0.15, 0.2) is 5.69 Å². The standard InChI is InChI=1S/C26H26N8O3/c1-33(2)26(37)30-19-11-17(13-27-14-19)16-5-7-21-20(12-16)23(32-31-21)24(35)29-18-6-8-22(28-15-18)25(36)34-9-3-4-10-34/h5-8,11-15H,3-4,9-10H2,1-2H3,(H,29,35)(H,30,37)(H,31,32). The number of anilines is 2. The Hall–Kier alpha value is -4.80. The summed E-state index contributed by atoms with van der Waals surface area (Å²) in [6.45, 7) is 1.50. The van der Waals surface area contributed by atoms with Crippen LogP contribution in [-0.2, 0) is 0 Å². The summed E-state index contributed by atoms with van der Waals surface area (Å²) in [7, 11) is 3.31. The predicted molar refractivity (Wildman–Crippen MR) is 139 cm³/mol. The topological polar surface area (TPSA) is 136 Å². The molecule has 37 heavy (non-hydrogen) atoms. The van der Waals surface area contributed by atoms with Gasteiger partial charge in [-0.3, -0.25) is 19.7 Å². The Kier molecular flexibility index (Phi) is 6.50. The minimum absolute atomic E-state index is 0.0963. The number of rotatable bonds is 5. The third kappa shape index (κ3) is 5.10. The smallest absolute Gasteiger partial charge is 0.321 e. The first-order valence-corrected chi connectivity index (χ1v) is 11.9. The number of urea groups is 1. The van der Waals surface area contributed by atoms with Crippen molar-refractivity contribution in [3.63, 3.8) is 0 Å². The van der Waals surface area contributed by atoms with Crippen molar-refractivity contribution in [2.75, 3.05) is 37.8 Å². The number of aromatic nitrogens is 4. The fraction of sp³-hybridized carbons (Fsp3) is 0.231. The van der Waals surface area contributed by atoms with Crippen LogP contribution in [0, 0.1) is 0 Å². The van der Waals surface area contributed by atoms with E-state index in [2.05, 4.69) is 30.8 Å². The van der Waals surface area contributed by atoms with Crippen LogP contribution in [0.25, 0.3) is 22.0 Å². The molecule has 0 radical (unpaired) electrons. The van der Waals surface area contributed by atoms with Gasteiger partial charge in [-0.05, 0) is 48.7 Å². The number of carbonyl (C=O) groups is 3. The van der Waals surface area contributed by atoms with Crippen molar-refractivity contribution in [1.82, 2.24) is 30.0 Å². The van der Waals surface area contributed by atoms with E-state index in [1.807, 2.05) is 24.3 Å². The molecule has 0 saturated carbocycles. The van der Waals surface area contributed by atoms with Crippen LogP contribution in [0.15, 0.2) is 55.0 Å². The van der Waals surface area contributed by atoms with Gasteiger partial charge in [-0.25, -0.2) is 9.78 Å². The Morgan fingerprint density at radius 1 is 0.919 bits per heavy atom. The van der Waals surface area contributed by atoms with Gasteiger partial charge in [-0.1, -0.05) is 6.07 Å². The second-order valence-electron chi connectivity index (χ2n) is 9.00. The number of fused-ring (bicyclic) bond motifs is 1. The monoisotopic (exact) mass is 498 g/mol. The maximum atomic E-state index is 13.0. The maximum absolute atomic E-state index is 13.0. The van der Waals surface area contributed by atoms with Gasteiger partial charge in [0.1, 0.15) is 5.69 Å². The lowest BCUT2D eigenvalue weighted by Gasteiger charge is -2.14. The van der Waals surface area contributed by atoms with Gasteiger partial charge < -0.3 is 20.4 Å². The number of likely N-dealkylation sites (tertiary alicyclic amines) is 1. The van der Waals surface area contributed by atoms with Crippen LogP contribution < -0.4 is 10.6 Å². The number of benzene rings is 1. The van der Waals surface area contributed by atoms with Gasteiger partial charge in [-0.15, -0.1) is 0 Å². The average Bonchev–Trinajstić information content (AvgIpc) is 3.59. The lowest BCUT2D eigenvalue weighted by molar-refractivity contribution is 0.0787. The van der Waals surface area contributed by atoms with Crippen molar-refractivity contribution in [3.05, 3.63) is 66.4 Å². The van der Waals surface area contributed by atoms with E-state index in [0.717, 1.165) is 37.1 Å². The van der Waals surface area contributed by atoms with Crippen LogP contribution in [0.5, 0.6) is 0 Å². The molecule has 3 N–H and O–H groups in total. The summed E-state index contributed by atoms with van der Waals surface area (Å²) in [5.41, 5.74) is 3.87. The maximum Gasteiger partial charge on any atom is 0.321 e. The van der Waals surface area contributed by atoms with E-state index in [-0.39, 0.29) is 17.6 Å². The molecule has 0 aliphatic carbocycles. The Balaban J connectivity index is 1.34. The normalized spacial score (nSPS) is 13.0. The molecule has 4 aromatic rings. The summed E-state index contributed by atoms with van der Waals surface area (Å²) in [6.07, 6.45) is 6.74. The van der Waals surface area contributed by atoms with E-state index in [9.17, 15) is 14.4 Å². The molecule has 1 aromatic carbocycles. The minimum atomic E-state index is -0.408. The molecule has 3 aromatic heterocycles. The Bertz CT molecular complexity index is 1470. The number of amides is 4. The molecule has 1 saturated heterocycles. The van der Waals surface area contributed by atoms with E-state index >= 15 is 0 Å². The van der Waals surface area contributed by atoms with Gasteiger partial charge in [-0.2, -0.15) is 5.10 Å². The Morgan fingerprint density at radius 2 is 1.73 bits per heavy atom. The van der Waals surface area contributed by atoms with Crippen molar-refractivity contribution in [2.45, 2.75) is 12.8 Å². The van der Waals surface area contributed by atoms with Crippen molar-refractivity contribution in [2.24, 2.45) is 0 Å². The third-order valence-electron chi connectivity index (χ3n) is 6.14. The van der Waals surface area contributed by atoms with E-state index in [0.29, 0.717) is 28.0 Å². The summed E-state index contributed by atoms with van der Waals surface area (Å²) in [6, 6.07) is 10.4. The Labute approximate surface area is 212 Å². The van der Waals surface area contributed by atoms with Crippen molar-refractivity contribution < 1.29 is 14.4 Å². The SMILES string of the molecule is CN(C)C(=O)Nc1cncc(-c2ccc3[nH]nc(C(=O)Nc4ccc(C(=O)N5CCCC5)nc4)c3c2)c1. The van der Waals surface area contributed by atoms with Crippen molar-refractivity contribution in [1.29, 1.82) is 0 Å². The molecule has 0 bridgehead atoms. The average molecular weight is 499 g/mol. The summed E-state index contributed by atoms with van der Waals surface area (Å²) in [4.78, 5) is 49.2. The molecular formula is C26H26N8O3. The highest BCUT2D eigenvalue weighted by molar-refractivity contribution is 6.11. The summed E-state index contributed by atoms with van der Waals surface area (Å²) < 4.78 is 0. The number of hydrogen-bond acceptors (Lipinski definition) is 6. The van der Waals surface area contributed by atoms with Gasteiger partial charge in [0.25, 0.3) is 11.8 Å². The van der Waals surface area contributed by atoms with Gasteiger partial charge in [0.2, 0.25) is 0 Å². The first kappa shape index (κ1) is 23.9. The first-order valence-electron chi connectivity index (χ1n) is 11.9. The van der Waals surface area contributed by atoms with E-state index in [1.165, 1.54) is 11.1 Å². The highest BCUT2D eigenvalue weighted by atomic mass is 16.2. The van der Waals surface area contributed by atoms with E-state index in [4.69, 9.17) is 0 Å². The molecule has 11 heteroatoms. The quantitative estimate of drug-likeness (QED) is 0.385. The molecule has 188 valence electrons. The van der Waals surface area contributed by atoms with Crippen molar-refractivity contribution in [3.8, 4) is 11.1 Å². The van der Waals surface area contributed by atoms with Crippen LogP contribution in [0.3, 0.4) is 0 Å². The molecule has 0 atom stereocenters. The van der Waals surface area contributed by atoms with Gasteiger partial charge >= 0.3 is 6.03 Å². The number of pyridine rings is 2. The fourth-order valence-corrected chi connectivity index (χ4v) is 4.13. The molecule has 5 rings (SSSR count). The highest BCUT2D eigenvalue weighted by Crippen LogP contribution is 2.27. The highest BCUT2D eigenvalue weighted by Gasteiger charge is 2.21. The molecule has 0 unspecified atom stereocenters. The minimum Gasteiger partial charge on any atom is -0.337 e. The van der Waals surface area contributed by atoms with Crippen molar-refractivity contribution >= 4 is 40.1 Å². The number of nitrogens with one attached hydrogen (secondary N) is 3. The summed E-state index contributed by atoms with van der Waals surface area (Å²) in [5, 5.41) is 13.3. The molecule has 11 nitrogen and oxygen atoms in total. The molecule has 0 spiro atoms. The van der Waals surface area contributed by atoms with Gasteiger partial charge in [0.05, 0.1) is 29.3 Å². The lowest BCUT2D eigenvalue weighted by atomic mass is 10.0. The number of carbonyl (C=O) groups excluding carboxylic acids is 3. The second kappa shape index (κ2) is 10.1. The number of nitrogens with zero attached hydrogens (tertiary/aromatic N) is 5. The molecule has 4 heterocycles. The number of H-pyrrole nitrogens is 1. The van der Waals surface area contributed by atoms with E-state index < -0.39 is 5.91 Å². The second-order valence-corrected chi connectivity index (χ2v) is 9.00. The first-order chi connectivity index (χ1) is 17.9. The molecule has 1 fully saturated rings. The molecule has 1 aliphatic rings. The predicted octanol–water partition coefficient (Wildman–Crippen LogP) is 3.60. The molecule has 4 amide bonds. The Morgan fingerprint density at radius 3 is 2.46 bits per heavy atom. The summed E-state index contributed by atoms with van der Waals surface area (Å²) >= 11 is 0. The van der Waals surface area contributed by atoms with Crippen LogP contribution in [0.4, 0.5) is 16.2 Å². The van der Waals surface area contributed by atoms with Crippen LogP contribution in [0.2, 0.25) is 0 Å². The molecular weight excluding hydrogens is 472 g/mol. The zero-order chi connectivity index (χ0) is 25.9. The largest absolute Gasteiger partial charge is 0.337 e. The van der Waals surface area contributed by atoms with Crippen LogP contribution in [-0.4, -0.2) is 75.0 Å². The number of hydrogen-bond donors (Lipinski definition) is 3. The summed E-state index contributed by atoms with van der Waals surface area (Å²) in [5.74, 6) is -0.505. The number of aromatic amines is 1.